The Labute approximate surface area is 184 Å². The number of Topliss-reactive ketones (excluding diaryl/α,β-unsaturated/α-hetero) is 1. The smallest absolute Gasteiger partial charge is 0.295 e. The molecule has 1 aliphatic heterocycles. The number of methoxy groups -OCH3 is 1. The molecule has 0 saturated carbocycles. The maximum absolute atomic E-state index is 12.9. The number of halogens is 1. The van der Waals surface area contributed by atoms with Gasteiger partial charge in [0.15, 0.2) is 0 Å². The third-order valence-corrected chi connectivity index (χ3v) is 6.03. The van der Waals surface area contributed by atoms with Crippen LogP contribution in [0, 0.1) is 0 Å². The highest BCUT2D eigenvalue weighted by molar-refractivity contribution is 7.10. The highest BCUT2D eigenvalue weighted by atomic mass is 35.5. The van der Waals surface area contributed by atoms with Gasteiger partial charge in [0.25, 0.3) is 11.7 Å². The average Bonchev–Trinajstić information content (AvgIpc) is 3.33. The lowest BCUT2D eigenvalue weighted by molar-refractivity contribution is -0.140. The van der Waals surface area contributed by atoms with Crippen molar-refractivity contribution in [3.63, 3.8) is 0 Å². The fourth-order valence-electron chi connectivity index (χ4n) is 3.37. The van der Waals surface area contributed by atoms with Gasteiger partial charge in [0.1, 0.15) is 11.5 Å². The molecule has 1 aromatic heterocycles. The van der Waals surface area contributed by atoms with Crippen molar-refractivity contribution in [2.24, 2.45) is 0 Å². The first-order valence-corrected chi connectivity index (χ1v) is 10.9. The number of carbonyl (C=O) groups excluding carboxylic acids is 2. The minimum absolute atomic E-state index is 0.0300. The molecule has 1 aromatic carbocycles. The predicted molar refractivity (Wildman–Crippen MR) is 117 cm³/mol. The Morgan fingerprint density at radius 2 is 2.07 bits per heavy atom. The van der Waals surface area contributed by atoms with E-state index in [0.29, 0.717) is 25.3 Å². The third-order valence-electron chi connectivity index (χ3n) is 4.78. The summed E-state index contributed by atoms with van der Waals surface area (Å²) >= 11 is 7.70. The van der Waals surface area contributed by atoms with E-state index in [-0.39, 0.29) is 28.0 Å². The lowest BCUT2D eigenvalue weighted by Crippen LogP contribution is -2.31. The summed E-state index contributed by atoms with van der Waals surface area (Å²) in [7, 11) is 1.50. The zero-order valence-corrected chi connectivity index (χ0v) is 18.6. The molecule has 0 bridgehead atoms. The molecular weight excluding hydrogens is 426 g/mol. The van der Waals surface area contributed by atoms with Gasteiger partial charge in [-0.15, -0.1) is 11.3 Å². The molecule has 0 radical (unpaired) electrons. The maximum atomic E-state index is 12.9. The predicted octanol–water partition coefficient (Wildman–Crippen LogP) is 4.65. The Morgan fingerprint density at radius 1 is 1.30 bits per heavy atom. The number of likely N-dealkylation sites (tertiary alicyclic amines) is 1. The number of amides is 1. The van der Waals surface area contributed by atoms with Crippen molar-refractivity contribution in [1.82, 2.24) is 4.90 Å². The largest absolute Gasteiger partial charge is 0.507 e. The molecule has 1 aliphatic rings. The number of benzene rings is 1. The first-order valence-electron chi connectivity index (χ1n) is 9.62. The van der Waals surface area contributed by atoms with E-state index in [1.165, 1.54) is 23.3 Å². The molecule has 1 unspecified atom stereocenters. The van der Waals surface area contributed by atoms with Crippen LogP contribution in [-0.4, -0.2) is 48.1 Å². The first-order chi connectivity index (χ1) is 14.3. The van der Waals surface area contributed by atoms with Crippen LogP contribution in [0.3, 0.4) is 0 Å². The van der Waals surface area contributed by atoms with Gasteiger partial charge in [0, 0.05) is 23.6 Å². The van der Waals surface area contributed by atoms with Crippen LogP contribution in [0.1, 0.15) is 36.8 Å². The number of carbonyl (C=O) groups is 2. The lowest BCUT2D eigenvalue weighted by Gasteiger charge is -2.24. The number of hydrogen-bond acceptors (Lipinski definition) is 6. The number of nitrogens with zero attached hydrogens (tertiary/aromatic N) is 1. The summed E-state index contributed by atoms with van der Waals surface area (Å²) in [5.41, 5.74) is 0.279. The summed E-state index contributed by atoms with van der Waals surface area (Å²) in [6, 6.07) is 7.80. The van der Waals surface area contributed by atoms with Crippen LogP contribution in [0.4, 0.5) is 0 Å². The second-order valence-corrected chi connectivity index (χ2v) is 8.51. The Morgan fingerprint density at radius 3 is 2.70 bits per heavy atom. The fraction of sp³-hybridized carbons (Fsp3) is 0.364. The van der Waals surface area contributed by atoms with E-state index < -0.39 is 17.7 Å². The number of ether oxygens (including phenoxy) is 2. The average molecular weight is 450 g/mol. The molecule has 1 amide bonds. The molecule has 0 spiro atoms. The van der Waals surface area contributed by atoms with E-state index in [0.717, 1.165) is 4.88 Å². The van der Waals surface area contributed by atoms with Gasteiger partial charge < -0.3 is 19.5 Å². The molecule has 1 saturated heterocycles. The first kappa shape index (κ1) is 22.3. The van der Waals surface area contributed by atoms with Crippen molar-refractivity contribution in [1.29, 1.82) is 0 Å². The molecule has 0 aliphatic carbocycles. The number of hydrogen-bond donors (Lipinski definition) is 1. The minimum Gasteiger partial charge on any atom is -0.507 e. The number of aliphatic hydroxyl groups is 1. The van der Waals surface area contributed by atoms with E-state index in [9.17, 15) is 14.7 Å². The lowest BCUT2D eigenvalue weighted by atomic mass is 9.99. The van der Waals surface area contributed by atoms with Crippen LogP contribution in [0.15, 0.2) is 41.3 Å². The summed E-state index contributed by atoms with van der Waals surface area (Å²) in [5, 5.41) is 13.2. The molecule has 2 aromatic rings. The quantitative estimate of drug-likeness (QED) is 0.275. The summed E-state index contributed by atoms with van der Waals surface area (Å²) in [6.07, 6.45) is 0.663. The van der Waals surface area contributed by atoms with Gasteiger partial charge in [0.2, 0.25) is 0 Å². The molecule has 1 atom stereocenters. The molecule has 8 heteroatoms. The van der Waals surface area contributed by atoms with Crippen molar-refractivity contribution in [2.75, 3.05) is 20.3 Å². The van der Waals surface area contributed by atoms with Gasteiger partial charge in [-0.2, -0.15) is 0 Å². The number of aliphatic hydroxyl groups excluding tert-OH is 1. The summed E-state index contributed by atoms with van der Waals surface area (Å²) in [6.45, 7) is 4.69. The number of ketones is 1. The van der Waals surface area contributed by atoms with Gasteiger partial charge in [-0.05, 0) is 49.9 Å². The number of rotatable bonds is 8. The number of thiophene rings is 1. The van der Waals surface area contributed by atoms with Crippen molar-refractivity contribution in [3.05, 3.63) is 56.7 Å². The van der Waals surface area contributed by atoms with Crippen LogP contribution >= 0.6 is 22.9 Å². The summed E-state index contributed by atoms with van der Waals surface area (Å²) < 4.78 is 10.8. The Hall–Kier alpha value is -2.35. The van der Waals surface area contributed by atoms with Crippen molar-refractivity contribution in [3.8, 4) is 5.75 Å². The van der Waals surface area contributed by atoms with Crippen molar-refractivity contribution >= 4 is 40.4 Å². The molecule has 30 heavy (non-hydrogen) atoms. The highest BCUT2D eigenvalue weighted by Crippen LogP contribution is 2.42. The zero-order valence-electron chi connectivity index (χ0n) is 17.1. The van der Waals surface area contributed by atoms with E-state index >= 15 is 0 Å². The SMILES string of the molecule is COc1ccc(Cl)c(/C(O)=C2/C(=O)C(=O)N(CCCOC(C)C)C2c2cccs2)c1. The van der Waals surface area contributed by atoms with E-state index in [1.807, 2.05) is 31.4 Å². The maximum Gasteiger partial charge on any atom is 0.295 e. The topological polar surface area (TPSA) is 76.1 Å². The molecule has 2 heterocycles. The van der Waals surface area contributed by atoms with Gasteiger partial charge in [-0.1, -0.05) is 17.7 Å². The molecule has 6 nitrogen and oxygen atoms in total. The Bertz CT molecular complexity index is 954. The van der Waals surface area contributed by atoms with E-state index in [1.54, 1.807) is 18.2 Å². The van der Waals surface area contributed by atoms with Crippen LogP contribution in [0.2, 0.25) is 5.02 Å². The van der Waals surface area contributed by atoms with Gasteiger partial charge >= 0.3 is 0 Å². The van der Waals surface area contributed by atoms with Crippen LogP contribution in [0.25, 0.3) is 5.76 Å². The zero-order chi connectivity index (χ0) is 21.8. The monoisotopic (exact) mass is 449 g/mol. The highest BCUT2D eigenvalue weighted by Gasteiger charge is 2.46. The molecule has 160 valence electrons. The Kier molecular flexibility index (Phi) is 7.18. The van der Waals surface area contributed by atoms with Gasteiger partial charge in [-0.25, -0.2) is 0 Å². The fourth-order valence-corrected chi connectivity index (χ4v) is 4.42. The van der Waals surface area contributed by atoms with E-state index in [2.05, 4.69) is 0 Å². The normalized spacial score (nSPS) is 18.4. The van der Waals surface area contributed by atoms with Gasteiger partial charge in [-0.3, -0.25) is 9.59 Å². The van der Waals surface area contributed by atoms with Crippen LogP contribution in [0.5, 0.6) is 5.75 Å². The van der Waals surface area contributed by atoms with Crippen molar-refractivity contribution < 1.29 is 24.2 Å². The molecular formula is C22H24ClNO5S. The van der Waals surface area contributed by atoms with Crippen LogP contribution < -0.4 is 4.74 Å². The van der Waals surface area contributed by atoms with E-state index in [4.69, 9.17) is 21.1 Å². The molecule has 3 rings (SSSR count). The second kappa shape index (κ2) is 9.64. The second-order valence-electron chi connectivity index (χ2n) is 7.13. The summed E-state index contributed by atoms with van der Waals surface area (Å²) in [5.74, 6) is -1.20. The van der Waals surface area contributed by atoms with Gasteiger partial charge in [0.05, 0.1) is 29.9 Å². The molecule has 1 fully saturated rings. The molecule has 1 N–H and O–H groups in total. The Balaban J connectivity index is 2.03. The summed E-state index contributed by atoms with van der Waals surface area (Å²) in [4.78, 5) is 28.1. The minimum atomic E-state index is -0.727. The third kappa shape index (κ3) is 4.53. The van der Waals surface area contributed by atoms with Crippen LogP contribution in [-0.2, 0) is 14.3 Å². The standard InChI is InChI=1S/C22H24ClNO5S/c1-13(2)29-10-5-9-24-19(17-6-4-11-30-17)18(21(26)22(24)27)20(25)15-12-14(28-3)7-8-16(15)23/h4,6-8,11-13,19,25H,5,9-10H2,1-3H3/b20-18-. The van der Waals surface area contributed by atoms with Crippen molar-refractivity contribution in [2.45, 2.75) is 32.4 Å².